The van der Waals surface area contributed by atoms with Crippen molar-refractivity contribution in [2.75, 3.05) is 5.32 Å². The molecule has 0 spiro atoms. The van der Waals surface area contributed by atoms with Crippen LogP contribution in [-0.2, 0) is 20.7 Å². The first kappa shape index (κ1) is 24.2. The molecule has 0 fully saturated rings. The van der Waals surface area contributed by atoms with Crippen molar-refractivity contribution < 1.29 is 29.3 Å². The number of carbonyl (C=O) groups is 3. The largest absolute Gasteiger partial charge is 0.506 e. The Morgan fingerprint density at radius 1 is 1.21 bits per heavy atom. The van der Waals surface area contributed by atoms with Gasteiger partial charge in [0.05, 0.1) is 17.6 Å². The highest BCUT2D eigenvalue weighted by atomic mass is 16.6. The number of hydrogen-bond acceptors (Lipinski definition) is 6. The van der Waals surface area contributed by atoms with Crippen LogP contribution < -0.4 is 16.4 Å². The molecule has 0 unspecified atom stereocenters. The third kappa shape index (κ3) is 8.82. The monoisotopic (exact) mass is 409 g/mol. The second-order valence-corrected chi connectivity index (χ2v) is 8.15. The summed E-state index contributed by atoms with van der Waals surface area (Å²) in [6, 6.07) is 3.32. The number of phenolic OH excluding ortho intramolecular Hbond substituents is 1. The van der Waals surface area contributed by atoms with Crippen LogP contribution in [0.4, 0.5) is 10.5 Å². The fraction of sp³-hybridized carbons (Fsp3) is 0.550. The Balaban J connectivity index is 3.00. The van der Waals surface area contributed by atoms with Crippen molar-refractivity contribution in [3.63, 3.8) is 0 Å². The molecule has 0 aliphatic carbocycles. The number of nitrogens with one attached hydrogen (secondary N) is 2. The van der Waals surface area contributed by atoms with Gasteiger partial charge < -0.3 is 31.3 Å². The van der Waals surface area contributed by atoms with Crippen LogP contribution in [0.2, 0.25) is 0 Å². The van der Waals surface area contributed by atoms with E-state index in [9.17, 15) is 24.6 Å². The number of ether oxygens (including phenoxy) is 1. The second kappa shape index (κ2) is 10.1. The smallest absolute Gasteiger partial charge is 0.407 e. The van der Waals surface area contributed by atoms with Crippen LogP contribution >= 0.6 is 0 Å². The second-order valence-electron chi connectivity index (χ2n) is 8.15. The Morgan fingerprint density at radius 2 is 1.83 bits per heavy atom. The number of aliphatic carboxylic acids is 1. The van der Waals surface area contributed by atoms with E-state index in [1.54, 1.807) is 39.8 Å². The minimum atomic E-state index is -0.975. The number of nitrogens with two attached hydrogens (primary N) is 1. The van der Waals surface area contributed by atoms with E-state index in [1.165, 1.54) is 13.0 Å². The molecule has 6 N–H and O–H groups in total. The van der Waals surface area contributed by atoms with E-state index in [1.807, 2.05) is 0 Å². The molecule has 1 aromatic carbocycles. The Morgan fingerprint density at radius 3 is 2.34 bits per heavy atom. The molecule has 0 bridgehead atoms. The van der Waals surface area contributed by atoms with E-state index >= 15 is 0 Å². The first-order valence-corrected chi connectivity index (χ1v) is 9.39. The van der Waals surface area contributed by atoms with Crippen molar-refractivity contribution in [2.24, 2.45) is 11.7 Å². The van der Waals surface area contributed by atoms with E-state index in [0.29, 0.717) is 5.56 Å². The standard InChI is InChI=1S/C20H31N3O6/c1-11(18(26)27)8-14(22-19(28)29-20(3,4)5)9-13-6-7-16(24)15(10-13)23-17(25)12(2)21/h6-7,10-12,14,24H,8-9,21H2,1-5H3,(H,22,28)(H,23,25)(H,26,27)/t11-,12-,14+/m0/s1. The number of anilines is 1. The summed E-state index contributed by atoms with van der Waals surface area (Å²) >= 11 is 0. The topological polar surface area (TPSA) is 151 Å². The normalized spacial score (nSPS) is 14.4. The van der Waals surface area contributed by atoms with Crippen molar-refractivity contribution in [1.82, 2.24) is 5.32 Å². The van der Waals surface area contributed by atoms with Crippen LogP contribution in [0.15, 0.2) is 18.2 Å². The third-order valence-electron chi connectivity index (χ3n) is 4.00. The summed E-state index contributed by atoms with van der Waals surface area (Å²) in [4.78, 5) is 35.2. The number of alkyl carbamates (subject to hydrolysis) is 1. The number of hydrogen-bond donors (Lipinski definition) is 5. The van der Waals surface area contributed by atoms with Gasteiger partial charge in [-0.1, -0.05) is 13.0 Å². The molecule has 0 aromatic heterocycles. The van der Waals surface area contributed by atoms with Gasteiger partial charge in [-0.25, -0.2) is 4.79 Å². The number of carboxylic acids is 1. The highest BCUT2D eigenvalue weighted by Gasteiger charge is 2.24. The minimum Gasteiger partial charge on any atom is -0.506 e. The van der Waals surface area contributed by atoms with Crippen LogP contribution in [0.25, 0.3) is 0 Å². The number of benzene rings is 1. The first-order chi connectivity index (χ1) is 13.3. The Bertz CT molecular complexity index is 742. The molecule has 0 saturated carbocycles. The van der Waals surface area contributed by atoms with Gasteiger partial charge in [0.15, 0.2) is 0 Å². The number of amides is 2. The van der Waals surface area contributed by atoms with Gasteiger partial charge in [-0.15, -0.1) is 0 Å². The lowest BCUT2D eigenvalue weighted by Crippen LogP contribution is -2.41. The van der Waals surface area contributed by atoms with Crippen molar-refractivity contribution in [3.8, 4) is 5.75 Å². The molecular formula is C20H31N3O6. The lowest BCUT2D eigenvalue weighted by Gasteiger charge is -2.25. The van der Waals surface area contributed by atoms with Crippen LogP contribution in [0.3, 0.4) is 0 Å². The molecule has 0 aliphatic heterocycles. The Kier molecular flexibility index (Phi) is 8.44. The molecule has 162 valence electrons. The zero-order valence-electron chi connectivity index (χ0n) is 17.5. The lowest BCUT2D eigenvalue weighted by atomic mass is 9.96. The zero-order chi connectivity index (χ0) is 22.4. The van der Waals surface area contributed by atoms with Gasteiger partial charge in [-0.05, 0) is 58.2 Å². The molecule has 0 heterocycles. The summed E-state index contributed by atoms with van der Waals surface area (Å²) in [6.07, 6.45) is -0.195. The zero-order valence-corrected chi connectivity index (χ0v) is 17.5. The molecule has 3 atom stereocenters. The molecule has 0 saturated heterocycles. The Hall–Kier alpha value is -2.81. The van der Waals surface area contributed by atoms with E-state index in [2.05, 4.69) is 10.6 Å². The van der Waals surface area contributed by atoms with E-state index in [0.717, 1.165) is 0 Å². The number of carbonyl (C=O) groups excluding carboxylic acids is 2. The van der Waals surface area contributed by atoms with Gasteiger partial charge in [-0.2, -0.15) is 0 Å². The van der Waals surface area contributed by atoms with E-state index in [-0.39, 0.29) is 24.3 Å². The summed E-state index contributed by atoms with van der Waals surface area (Å²) in [7, 11) is 0. The average molecular weight is 409 g/mol. The lowest BCUT2D eigenvalue weighted by molar-refractivity contribution is -0.141. The van der Waals surface area contributed by atoms with Gasteiger partial charge in [-0.3, -0.25) is 9.59 Å². The van der Waals surface area contributed by atoms with E-state index in [4.69, 9.17) is 10.5 Å². The van der Waals surface area contributed by atoms with Crippen molar-refractivity contribution in [1.29, 1.82) is 0 Å². The fourth-order valence-electron chi connectivity index (χ4n) is 2.54. The van der Waals surface area contributed by atoms with Gasteiger partial charge >= 0.3 is 12.1 Å². The van der Waals surface area contributed by atoms with E-state index < -0.39 is 41.6 Å². The first-order valence-electron chi connectivity index (χ1n) is 9.39. The highest BCUT2D eigenvalue weighted by molar-refractivity contribution is 5.95. The average Bonchev–Trinajstić information content (AvgIpc) is 2.55. The van der Waals surface area contributed by atoms with Crippen LogP contribution in [0.1, 0.15) is 46.6 Å². The van der Waals surface area contributed by atoms with Crippen LogP contribution in [0.5, 0.6) is 5.75 Å². The molecular weight excluding hydrogens is 378 g/mol. The van der Waals surface area contributed by atoms with Gasteiger partial charge in [0.2, 0.25) is 5.91 Å². The number of rotatable bonds is 8. The molecule has 9 nitrogen and oxygen atoms in total. The van der Waals surface area contributed by atoms with Crippen molar-refractivity contribution in [3.05, 3.63) is 23.8 Å². The van der Waals surface area contributed by atoms with Gasteiger partial charge in [0.1, 0.15) is 11.4 Å². The molecule has 0 aliphatic rings. The predicted molar refractivity (Wildman–Crippen MR) is 109 cm³/mol. The number of phenols is 1. The summed E-state index contributed by atoms with van der Waals surface area (Å²) in [5.41, 5.74) is 5.71. The maximum Gasteiger partial charge on any atom is 0.407 e. The molecule has 2 amide bonds. The van der Waals surface area contributed by atoms with Gasteiger partial charge in [0.25, 0.3) is 0 Å². The van der Waals surface area contributed by atoms with Gasteiger partial charge in [0, 0.05) is 6.04 Å². The highest BCUT2D eigenvalue weighted by Crippen LogP contribution is 2.26. The maximum absolute atomic E-state index is 12.2. The molecule has 1 rings (SSSR count). The summed E-state index contributed by atoms with van der Waals surface area (Å²) in [5.74, 6) is -2.25. The molecule has 1 aromatic rings. The quantitative estimate of drug-likeness (QED) is 0.413. The third-order valence-corrected chi connectivity index (χ3v) is 4.00. The van der Waals surface area contributed by atoms with Crippen molar-refractivity contribution >= 4 is 23.7 Å². The number of carboxylic acid groups (broad SMARTS) is 1. The van der Waals surface area contributed by atoms with Crippen LogP contribution in [-0.4, -0.2) is 45.9 Å². The fourth-order valence-corrected chi connectivity index (χ4v) is 2.54. The predicted octanol–water partition coefficient (Wildman–Crippen LogP) is 2.22. The molecule has 0 radical (unpaired) electrons. The Labute approximate surface area is 170 Å². The van der Waals surface area contributed by atoms with Crippen LogP contribution in [0, 0.1) is 5.92 Å². The summed E-state index contributed by atoms with van der Waals surface area (Å²) in [5, 5.41) is 24.4. The minimum absolute atomic E-state index is 0.127. The maximum atomic E-state index is 12.2. The number of aromatic hydroxyl groups is 1. The van der Waals surface area contributed by atoms with Crippen molar-refractivity contribution in [2.45, 2.75) is 65.1 Å². The summed E-state index contributed by atoms with van der Waals surface area (Å²) in [6.45, 7) is 8.26. The molecule has 29 heavy (non-hydrogen) atoms. The summed E-state index contributed by atoms with van der Waals surface area (Å²) < 4.78 is 5.26. The molecule has 9 heteroatoms. The SMILES string of the molecule is C[C@H](N)C(=O)Nc1cc(C[C@@H](C[C@H](C)C(=O)O)NC(=O)OC(C)(C)C)ccc1O.